The maximum absolute atomic E-state index is 13.6. The van der Waals surface area contributed by atoms with Crippen LogP contribution < -0.4 is 5.56 Å². The van der Waals surface area contributed by atoms with E-state index < -0.39 is 11.6 Å². The number of phenols is 1. The smallest absolute Gasteiger partial charge is 0.255 e. The van der Waals surface area contributed by atoms with E-state index in [-0.39, 0.29) is 10.6 Å². The van der Waals surface area contributed by atoms with Gasteiger partial charge in [0, 0.05) is 32.0 Å². The van der Waals surface area contributed by atoms with Crippen LogP contribution in [0.25, 0.3) is 0 Å². The Balaban J connectivity index is 1.55. The van der Waals surface area contributed by atoms with E-state index in [1.807, 2.05) is 0 Å². The zero-order valence-corrected chi connectivity index (χ0v) is 13.7. The normalized spacial score (nSPS) is 17.8. The third kappa shape index (κ3) is 2.91. The van der Waals surface area contributed by atoms with Crippen LogP contribution in [0.15, 0.2) is 16.9 Å². The van der Waals surface area contributed by atoms with Crippen molar-refractivity contribution in [2.45, 2.75) is 38.3 Å². The lowest BCUT2D eigenvalue weighted by molar-refractivity contribution is 0.241. The van der Waals surface area contributed by atoms with E-state index in [4.69, 9.17) is 11.6 Å². The van der Waals surface area contributed by atoms with E-state index in [0.717, 1.165) is 30.9 Å². The van der Waals surface area contributed by atoms with Crippen LogP contribution in [-0.2, 0) is 19.5 Å². The molecule has 1 saturated carbocycles. The first-order valence-electron chi connectivity index (χ1n) is 8.02. The number of hydrogen-bond acceptors (Lipinski definition) is 4. The molecule has 7 heteroatoms. The first kappa shape index (κ1) is 15.6. The van der Waals surface area contributed by atoms with Gasteiger partial charge in [-0.05, 0) is 30.5 Å². The molecule has 0 spiro atoms. The van der Waals surface area contributed by atoms with Crippen LogP contribution in [0.4, 0.5) is 4.39 Å². The van der Waals surface area contributed by atoms with Crippen molar-refractivity contribution in [3.8, 4) is 5.75 Å². The predicted molar refractivity (Wildman–Crippen MR) is 87.7 cm³/mol. The second-order valence-corrected chi connectivity index (χ2v) is 6.93. The van der Waals surface area contributed by atoms with Gasteiger partial charge in [0.05, 0.1) is 16.3 Å². The highest BCUT2D eigenvalue weighted by atomic mass is 35.5. The predicted octanol–water partition coefficient (Wildman–Crippen LogP) is 2.70. The highest BCUT2D eigenvalue weighted by Gasteiger charge is 2.29. The first-order valence-corrected chi connectivity index (χ1v) is 8.40. The fourth-order valence-electron chi connectivity index (χ4n) is 3.15. The number of aromatic amines is 1. The maximum Gasteiger partial charge on any atom is 0.255 e. The Hall–Kier alpha value is -1.92. The number of rotatable bonds is 3. The third-order valence-electron chi connectivity index (χ3n) is 4.61. The summed E-state index contributed by atoms with van der Waals surface area (Å²) in [5.74, 6) is -0.0242. The van der Waals surface area contributed by atoms with Gasteiger partial charge in [0.15, 0.2) is 11.6 Å². The number of aromatic nitrogens is 2. The second kappa shape index (κ2) is 5.86. The lowest BCUT2D eigenvalue weighted by Crippen LogP contribution is -2.35. The van der Waals surface area contributed by atoms with Gasteiger partial charge in [-0.3, -0.25) is 9.69 Å². The number of benzene rings is 1. The molecule has 0 radical (unpaired) electrons. The Labute approximate surface area is 143 Å². The van der Waals surface area contributed by atoms with E-state index in [9.17, 15) is 14.3 Å². The van der Waals surface area contributed by atoms with Crippen LogP contribution >= 0.6 is 11.6 Å². The molecule has 2 heterocycles. The van der Waals surface area contributed by atoms with E-state index in [0.29, 0.717) is 36.6 Å². The second-order valence-electron chi connectivity index (χ2n) is 6.52. The van der Waals surface area contributed by atoms with Gasteiger partial charge in [-0.15, -0.1) is 0 Å². The SMILES string of the molecule is O=c1[nH]c(C2CC2)nc2c1CN(Cc1cc(F)c(O)c(Cl)c1)CC2. The summed E-state index contributed by atoms with van der Waals surface area (Å²) in [6.45, 7) is 1.68. The summed E-state index contributed by atoms with van der Waals surface area (Å²) in [5, 5.41) is 9.40. The Morgan fingerprint density at radius 2 is 2.21 bits per heavy atom. The van der Waals surface area contributed by atoms with Crippen LogP contribution in [0, 0.1) is 5.82 Å². The average molecular weight is 350 g/mol. The van der Waals surface area contributed by atoms with Crippen LogP contribution in [0.3, 0.4) is 0 Å². The number of nitrogens with one attached hydrogen (secondary N) is 1. The van der Waals surface area contributed by atoms with E-state index in [2.05, 4.69) is 14.9 Å². The van der Waals surface area contributed by atoms with Gasteiger partial charge in [-0.25, -0.2) is 9.37 Å². The van der Waals surface area contributed by atoms with Gasteiger partial charge in [0.25, 0.3) is 5.56 Å². The lowest BCUT2D eigenvalue weighted by atomic mass is 10.1. The molecule has 5 nitrogen and oxygen atoms in total. The first-order chi connectivity index (χ1) is 11.5. The summed E-state index contributed by atoms with van der Waals surface area (Å²) in [4.78, 5) is 21.9. The number of H-pyrrole nitrogens is 1. The van der Waals surface area contributed by atoms with Crippen LogP contribution in [0.1, 0.15) is 41.4 Å². The molecule has 1 aromatic carbocycles. The molecule has 0 bridgehead atoms. The molecular formula is C17H17ClFN3O2. The number of aromatic hydroxyl groups is 1. The minimum Gasteiger partial charge on any atom is -0.504 e. The maximum atomic E-state index is 13.6. The number of nitrogens with zero attached hydrogens (tertiary/aromatic N) is 2. The van der Waals surface area contributed by atoms with Crippen molar-refractivity contribution in [2.75, 3.05) is 6.54 Å². The van der Waals surface area contributed by atoms with Crippen molar-refractivity contribution < 1.29 is 9.50 Å². The molecule has 0 atom stereocenters. The van der Waals surface area contributed by atoms with Crippen molar-refractivity contribution in [3.63, 3.8) is 0 Å². The summed E-state index contributed by atoms with van der Waals surface area (Å²) in [6.07, 6.45) is 2.90. The molecule has 0 unspecified atom stereocenters. The van der Waals surface area contributed by atoms with Crippen molar-refractivity contribution in [2.24, 2.45) is 0 Å². The Bertz CT molecular complexity index is 840. The molecule has 1 aliphatic heterocycles. The number of halogens is 2. The Kier molecular flexibility index (Phi) is 3.81. The van der Waals surface area contributed by atoms with Crippen molar-refractivity contribution in [1.29, 1.82) is 0 Å². The number of phenolic OH excluding ortho intramolecular Hbond substituents is 1. The van der Waals surface area contributed by atoms with Gasteiger partial charge >= 0.3 is 0 Å². The molecule has 1 fully saturated rings. The van der Waals surface area contributed by atoms with E-state index in [1.54, 1.807) is 6.07 Å². The van der Waals surface area contributed by atoms with E-state index in [1.165, 1.54) is 6.07 Å². The van der Waals surface area contributed by atoms with Gasteiger partial charge in [0.2, 0.25) is 0 Å². The molecule has 2 aromatic rings. The van der Waals surface area contributed by atoms with Gasteiger partial charge in [0.1, 0.15) is 5.82 Å². The highest BCUT2D eigenvalue weighted by molar-refractivity contribution is 6.32. The Morgan fingerprint density at radius 3 is 2.92 bits per heavy atom. The summed E-state index contributed by atoms with van der Waals surface area (Å²) >= 11 is 5.82. The Morgan fingerprint density at radius 1 is 1.42 bits per heavy atom. The number of hydrogen-bond donors (Lipinski definition) is 2. The summed E-state index contributed by atoms with van der Waals surface area (Å²) < 4.78 is 13.6. The molecule has 1 aliphatic carbocycles. The third-order valence-corrected chi connectivity index (χ3v) is 4.90. The highest BCUT2D eigenvalue weighted by Crippen LogP contribution is 2.38. The fourth-order valence-corrected chi connectivity index (χ4v) is 3.38. The fraction of sp³-hybridized carbons (Fsp3) is 0.412. The minimum absolute atomic E-state index is 0.00370. The summed E-state index contributed by atoms with van der Waals surface area (Å²) in [6, 6.07) is 2.82. The summed E-state index contributed by atoms with van der Waals surface area (Å²) in [7, 11) is 0. The number of fused-ring (bicyclic) bond motifs is 1. The molecule has 2 aliphatic rings. The van der Waals surface area contributed by atoms with Gasteiger partial charge in [-0.2, -0.15) is 0 Å². The van der Waals surface area contributed by atoms with Crippen molar-refractivity contribution in [3.05, 3.63) is 56.0 Å². The van der Waals surface area contributed by atoms with Crippen molar-refractivity contribution in [1.82, 2.24) is 14.9 Å². The van der Waals surface area contributed by atoms with Crippen LogP contribution in [-0.4, -0.2) is 26.5 Å². The molecule has 0 amide bonds. The van der Waals surface area contributed by atoms with Gasteiger partial charge in [-0.1, -0.05) is 11.6 Å². The van der Waals surface area contributed by atoms with Crippen LogP contribution in [0.5, 0.6) is 5.75 Å². The van der Waals surface area contributed by atoms with Crippen LogP contribution in [0.2, 0.25) is 5.02 Å². The topological polar surface area (TPSA) is 69.2 Å². The molecule has 0 saturated heterocycles. The largest absolute Gasteiger partial charge is 0.504 e. The molecule has 4 rings (SSSR count). The molecule has 1 aromatic heterocycles. The monoisotopic (exact) mass is 349 g/mol. The van der Waals surface area contributed by atoms with E-state index >= 15 is 0 Å². The standard InChI is InChI=1S/C17H17ClFN3O2/c18-12-5-9(6-13(19)15(12)23)7-22-4-3-14-11(8-22)17(24)21-16(20-14)10-1-2-10/h5-6,10,23H,1-4,7-8H2,(H,20,21,24). The summed E-state index contributed by atoms with van der Waals surface area (Å²) in [5.41, 5.74) is 2.17. The average Bonchev–Trinajstić information content (AvgIpc) is 3.38. The van der Waals surface area contributed by atoms with Crippen molar-refractivity contribution >= 4 is 11.6 Å². The molecule has 126 valence electrons. The molecule has 24 heavy (non-hydrogen) atoms. The molecular weight excluding hydrogens is 333 g/mol. The molecule has 2 N–H and O–H groups in total. The quantitative estimate of drug-likeness (QED) is 0.894. The lowest BCUT2D eigenvalue weighted by Gasteiger charge is -2.27. The zero-order chi connectivity index (χ0) is 16.8. The zero-order valence-electron chi connectivity index (χ0n) is 13.0. The van der Waals surface area contributed by atoms with Gasteiger partial charge < -0.3 is 10.1 Å². The minimum atomic E-state index is -0.733.